The lowest BCUT2D eigenvalue weighted by molar-refractivity contribution is -0.128. The summed E-state index contributed by atoms with van der Waals surface area (Å²) >= 11 is 0. The van der Waals surface area contributed by atoms with Gasteiger partial charge in [0.25, 0.3) is 0 Å². The van der Waals surface area contributed by atoms with E-state index in [0.717, 1.165) is 0 Å². The van der Waals surface area contributed by atoms with E-state index in [0.29, 0.717) is 18.4 Å². The normalized spacial score (nSPS) is 18.1. The number of carbonyl (C=O) groups is 2. The third-order valence-corrected chi connectivity index (χ3v) is 1.67. The minimum absolute atomic E-state index is 0.0231. The first-order valence-electron chi connectivity index (χ1n) is 3.37. The second kappa shape index (κ2) is 2.74. The third kappa shape index (κ3) is 1.58. The van der Waals surface area contributed by atoms with Crippen LogP contribution in [-0.4, -0.2) is 23.8 Å². The van der Waals surface area contributed by atoms with E-state index in [9.17, 15) is 9.59 Å². The van der Waals surface area contributed by atoms with Crippen molar-refractivity contribution in [3.05, 3.63) is 11.8 Å². The third-order valence-electron chi connectivity index (χ3n) is 1.67. The smallest absolute Gasteiger partial charge is 0.246 e. The molecule has 0 unspecified atom stereocenters. The molecule has 0 atom stereocenters. The molecule has 4 nitrogen and oxygen atoms in total. The largest absolute Gasteiger partial charge is 0.366 e. The van der Waals surface area contributed by atoms with Crippen LogP contribution in [0.25, 0.3) is 0 Å². The van der Waals surface area contributed by atoms with Crippen LogP contribution in [0.2, 0.25) is 0 Å². The Morgan fingerprint density at radius 1 is 1.64 bits per heavy atom. The Bertz CT molecular complexity index is 233. The van der Waals surface area contributed by atoms with Crippen LogP contribution >= 0.6 is 0 Å². The van der Waals surface area contributed by atoms with Crippen LogP contribution in [0.5, 0.6) is 0 Å². The van der Waals surface area contributed by atoms with Gasteiger partial charge in [0.15, 0.2) is 0 Å². The highest BCUT2D eigenvalue weighted by Gasteiger charge is 2.17. The van der Waals surface area contributed by atoms with E-state index in [4.69, 9.17) is 5.73 Å². The summed E-state index contributed by atoms with van der Waals surface area (Å²) in [6, 6.07) is 0. The summed E-state index contributed by atoms with van der Waals surface area (Å²) in [5.74, 6) is -0.417. The maximum Gasteiger partial charge on any atom is 0.246 e. The number of carbonyl (C=O) groups excluding carboxylic acids is 2. The van der Waals surface area contributed by atoms with Crippen LogP contribution in [0.4, 0.5) is 0 Å². The Kier molecular flexibility index (Phi) is 1.94. The molecule has 0 saturated carbocycles. The van der Waals surface area contributed by atoms with Gasteiger partial charge >= 0.3 is 0 Å². The van der Waals surface area contributed by atoms with Crippen LogP contribution < -0.4 is 5.73 Å². The number of amides is 2. The highest BCUT2D eigenvalue weighted by atomic mass is 16.2. The van der Waals surface area contributed by atoms with Crippen LogP contribution in [-0.2, 0) is 9.59 Å². The van der Waals surface area contributed by atoms with Crippen LogP contribution in [0.15, 0.2) is 11.8 Å². The average molecular weight is 154 g/mol. The molecule has 0 spiro atoms. The maximum absolute atomic E-state index is 10.9. The van der Waals surface area contributed by atoms with E-state index in [1.54, 1.807) is 7.05 Å². The topological polar surface area (TPSA) is 63.4 Å². The lowest BCUT2D eigenvalue weighted by Crippen LogP contribution is -2.28. The Morgan fingerprint density at radius 2 is 2.27 bits per heavy atom. The zero-order valence-corrected chi connectivity index (χ0v) is 6.33. The zero-order chi connectivity index (χ0) is 8.43. The van der Waals surface area contributed by atoms with Gasteiger partial charge in [0.05, 0.1) is 0 Å². The van der Waals surface area contributed by atoms with Crippen molar-refractivity contribution in [3.63, 3.8) is 0 Å². The Morgan fingerprint density at radius 3 is 2.73 bits per heavy atom. The number of nitrogens with zero attached hydrogens (tertiary/aromatic N) is 1. The summed E-state index contributed by atoms with van der Waals surface area (Å²) in [5.41, 5.74) is 5.55. The standard InChI is InChI=1S/C7H10N2O2/c1-9-4-5(7(8)11)2-3-6(9)10/h4H,2-3H2,1H3,(H2,8,11). The maximum atomic E-state index is 10.9. The molecule has 2 amide bonds. The lowest BCUT2D eigenvalue weighted by Gasteiger charge is -2.18. The van der Waals surface area contributed by atoms with Crippen LogP contribution in [0.1, 0.15) is 12.8 Å². The first-order valence-corrected chi connectivity index (χ1v) is 3.37. The molecule has 11 heavy (non-hydrogen) atoms. The van der Waals surface area contributed by atoms with Crippen molar-refractivity contribution in [2.75, 3.05) is 7.05 Å². The van der Waals surface area contributed by atoms with E-state index >= 15 is 0 Å². The van der Waals surface area contributed by atoms with E-state index in [-0.39, 0.29) is 5.91 Å². The van der Waals surface area contributed by atoms with Crippen LogP contribution in [0.3, 0.4) is 0 Å². The number of rotatable bonds is 1. The molecule has 4 heteroatoms. The molecular weight excluding hydrogens is 144 g/mol. The van der Waals surface area contributed by atoms with Gasteiger partial charge in [-0.25, -0.2) is 0 Å². The Hall–Kier alpha value is -1.32. The fourth-order valence-electron chi connectivity index (χ4n) is 0.975. The van der Waals surface area contributed by atoms with E-state index < -0.39 is 5.91 Å². The molecule has 1 heterocycles. The fraction of sp³-hybridized carbons (Fsp3) is 0.429. The van der Waals surface area contributed by atoms with Crippen molar-refractivity contribution in [1.82, 2.24) is 4.90 Å². The van der Waals surface area contributed by atoms with Gasteiger partial charge in [0.2, 0.25) is 11.8 Å². The predicted octanol–water partition coefficient (Wildman–Crippen LogP) is -0.392. The molecule has 0 bridgehead atoms. The van der Waals surface area contributed by atoms with Gasteiger partial charge < -0.3 is 10.6 Å². The van der Waals surface area contributed by atoms with Gasteiger partial charge in [0.1, 0.15) is 0 Å². The molecule has 1 rings (SSSR count). The van der Waals surface area contributed by atoms with Gasteiger partial charge in [-0.1, -0.05) is 0 Å². The molecule has 0 radical (unpaired) electrons. The van der Waals surface area contributed by atoms with Gasteiger partial charge in [-0.15, -0.1) is 0 Å². The average Bonchev–Trinajstić information content (AvgIpc) is 1.94. The molecule has 0 saturated heterocycles. The number of hydrogen-bond acceptors (Lipinski definition) is 2. The predicted molar refractivity (Wildman–Crippen MR) is 39.3 cm³/mol. The minimum Gasteiger partial charge on any atom is -0.366 e. The second-order valence-electron chi connectivity index (χ2n) is 2.52. The summed E-state index contributed by atoms with van der Waals surface area (Å²) in [6.45, 7) is 0. The number of nitrogens with two attached hydrogens (primary N) is 1. The quantitative estimate of drug-likeness (QED) is 0.559. The highest BCUT2D eigenvalue weighted by molar-refractivity contribution is 5.94. The summed E-state index contributed by atoms with van der Waals surface area (Å²) in [5, 5.41) is 0. The van der Waals surface area contributed by atoms with Crippen molar-refractivity contribution >= 4 is 11.8 Å². The Balaban J connectivity index is 2.79. The van der Waals surface area contributed by atoms with Crippen LogP contribution in [0, 0.1) is 0 Å². The highest BCUT2D eigenvalue weighted by Crippen LogP contribution is 2.13. The van der Waals surface area contributed by atoms with E-state index in [1.807, 2.05) is 0 Å². The van der Waals surface area contributed by atoms with E-state index in [2.05, 4.69) is 0 Å². The van der Waals surface area contributed by atoms with Gasteiger partial charge in [-0.05, 0) is 6.42 Å². The van der Waals surface area contributed by atoms with Crippen molar-refractivity contribution in [3.8, 4) is 0 Å². The first kappa shape index (κ1) is 7.78. The van der Waals surface area contributed by atoms with Gasteiger partial charge in [-0.2, -0.15) is 0 Å². The zero-order valence-electron chi connectivity index (χ0n) is 6.33. The monoisotopic (exact) mass is 154 g/mol. The molecule has 1 aliphatic heterocycles. The summed E-state index contributed by atoms with van der Waals surface area (Å²) in [4.78, 5) is 22.9. The molecule has 0 fully saturated rings. The summed E-state index contributed by atoms with van der Waals surface area (Å²) in [6.07, 6.45) is 2.35. The molecule has 0 aliphatic carbocycles. The SMILES string of the molecule is CN1C=C(C(N)=O)CCC1=O. The number of primary amides is 1. The molecule has 0 aromatic heterocycles. The molecule has 60 valence electrons. The molecule has 0 aromatic carbocycles. The van der Waals surface area contributed by atoms with E-state index in [1.165, 1.54) is 11.1 Å². The van der Waals surface area contributed by atoms with Crippen molar-refractivity contribution in [2.45, 2.75) is 12.8 Å². The Labute approximate surface area is 64.7 Å². The summed E-state index contributed by atoms with van der Waals surface area (Å²) in [7, 11) is 1.62. The fourth-order valence-corrected chi connectivity index (χ4v) is 0.975. The van der Waals surface area contributed by atoms with Crippen molar-refractivity contribution in [1.29, 1.82) is 0 Å². The van der Waals surface area contributed by atoms with Crippen molar-refractivity contribution < 1.29 is 9.59 Å². The van der Waals surface area contributed by atoms with Gasteiger partial charge in [0, 0.05) is 25.2 Å². The molecular formula is C7H10N2O2. The summed E-state index contributed by atoms with van der Waals surface area (Å²) < 4.78 is 0. The molecule has 1 aliphatic rings. The lowest BCUT2D eigenvalue weighted by atomic mass is 10.1. The molecule has 2 N–H and O–H groups in total. The molecule has 0 aromatic rings. The second-order valence-corrected chi connectivity index (χ2v) is 2.52. The van der Waals surface area contributed by atoms with Gasteiger partial charge in [-0.3, -0.25) is 9.59 Å². The van der Waals surface area contributed by atoms with Crippen molar-refractivity contribution in [2.24, 2.45) is 5.73 Å². The first-order chi connectivity index (χ1) is 5.11. The number of hydrogen-bond donors (Lipinski definition) is 1. The minimum atomic E-state index is -0.440.